The number of piperazine rings is 1. The third-order valence-electron chi connectivity index (χ3n) is 6.71. The molecule has 0 unspecified atom stereocenters. The fourth-order valence-electron chi connectivity index (χ4n) is 4.48. The first-order valence-corrected chi connectivity index (χ1v) is 11.1. The number of benzene rings is 1. The Hall–Kier alpha value is -2.96. The molecule has 3 heterocycles. The molecule has 6 rings (SSSR count). The molecular weight excluding hydrogens is 376 g/mol. The molecule has 1 saturated heterocycles. The van der Waals surface area contributed by atoms with E-state index in [1.807, 2.05) is 34.0 Å². The topological polar surface area (TPSA) is 67.2 Å². The number of rotatable bonds is 4. The summed E-state index contributed by atoms with van der Waals surface area (Å²) in [6.45, 7) is 3.16. The van der Waals surface area contributed by atoms with E-state index in [0.717, 1.165) is 80.2 Å². The predicted molar refractivity (Wildman–Crippen MR) is 115 cm³/mol. The highest BCUT2D eigenvalue weighted by molar-refractivity contribution is 5.88. The molecule has 7 heteroatoms. The van der Waals surface area contributed by atoms with E-state index in [4.69, 9.17) is 9.97 Å². The molecular formula is C23H26N6O. The standard InChI is InChI=1S/C23H26N6O/c30-23(17-5-4-6-17)28-13-11-27(12-14-28)21-19-15-24-29(18-7-2-1-3-8-18)22(19)26-20(25-21)16-9-10-16/h1-3,7-8,15-17H,4-6,9-14H2. The molecule has 154 valence electrons. The van der Waals surface area contributed by atoms with Crippen molar-refractivity contribution in [3.8, 4) is 5.69 Å². The van der Waals surface area contributed by atoms with Crippen LogP contribution in [0, 0.1) is 5.92 Å². The molecule has 30 heavy (non-hydrogen) atoms. The lowest BCUT2D eigenvalue weighted by molar-refractivity contribution is -0.138. The van der Waals surface area contributed by atoms with E-state index in [1.54, 1.807) is 0 Å². The van der Waals surface area contributed by atoms with Gasteiger partial charge in [-0.15, -0.1) is 0 Å². The lowest BCUT2D eigenvalue weighted by Crippen LogP contribution is -2.51. The van der Waals surface area contributed by atoms with Crippen LogP contribution in [0.5, 0.6) is 0 Å². The molecule has 0 N–H and O–H groups in total. The van der Waals surface area contributed by atoms with Gasteiger partial charge < -0.3 is 9.80 Å². The first-order valence-electron chi connectivity index (χ1n) is 11.1. The van der Waals surface area contributed by atoms with Crippen LogP contribution in [-0.4, -0.2) is 56.7 Å². The number of nitrogens with zero attached hydrogens (tertiary/aromatic N) is 6. The van der Waals surface area contributed by atoms with Crippen molar-refractivity contribution < 1.29 is 4.79 Å². The number of hydrogen-bond donors (Lipinski definition) is 0. The Morgan fingerprint density at radius 1 is 0.933 bits per heavy atom. The Kier molecular flexibility index (Phi) is 4.21. The van der Waals surface area contributed by atoms with E-state index in [2.05, 4.69) is 22.1 Å². The van der Waals surface area contributed by atoms with Gasteiger partial charge in [0.2, 0.25) is 5.91 Å². The molecule has 3 fully saturated rings. The number of para-hydroxylation sites is 1. The average Bonchev–Trinajstić information content (AvgIpc) is 3.52. The number of carbonyl (C=O) groups is 1. The molecule has 0 bridgehead atoms. The van der Waals surface area contributed by atoms with Crippen molar-refractivity contribution in [2.75, 3.05) is 31.1 Å². The normalized spacial score (nSPS) is 19.9. The number of aromatic nitrogens is 4. The zero-order valence-corrected chi connectivity index (χ0v) is 17.1. The Labute approximate surface area is 175 Å². The highest BCUT2D eigenvalue weighted by Crippen LogP contribution is 2.40. The molecule has 1 aliphatic heterocycles. The lowest BCUT2D eigenvalue weighted by Gasteiger charge is -2.38. The van der Waals surface area contributed by atoms with Crippen LogP contribution in [0.1, 0.15) is 43.8 Å². The summed E-state index contributed by atoms with van der Waals surface area (Å²) < 4.78 is 1.92. The largest absolute Gasteiger partial charge is 0.352 e. The van der Waals surface area contributed by atoms with Crippen molar-refractivity contribution in [1.29, 1.82) is 0 Å². The summed E-state index contributed by atoms with van der Waals surface area (Å²) in [4.78, 5) is 26.9. The maximum absolute atomic E-state index is 12.6. The van der Waals surface area contributed by atoms with Crippen molar-refractivity contribution >= 4 is 22.8 Å². The van der Waals surface area contributed by atoms with E-state index in [0.29, 0.717) is 11.8 Å². The van der Waals surface area contributed by atoms with Gasteiger partial charge in [-0.25, -0.2) is 14.6 Å². The molecule has 3 aromatic rings. The van der Waals surface area contributed by atoms with Crippen molar-refractivity contribution in [3.05, 3.63) is 42.4 Å². The van der Waals surface area contributed by atoms with Crippen molar-refractivity contribution in [1.82, 2.24) is 24.6 Å². The molecule has 2 aromatic heterocycles. The maximum atomic E-state index is 12.6. The van der Waals surface area contributed by atoms with Crippen molar-refractivity contribution in [3.63, 3.8) is 0 Å². The number of amides is 1. The zero-order valence-electron chi connectivity index (χ0n) is 17.1. The highest BCUT2D eigenvalue weighted by Gasteiger charge is 2.33. The molecule has 0 radical (unpaired) electrons. The number of fused-ring (bicyclic) bond motifs is 1. The van der Waals surface area contributed by atoms with Gasteiger partial charge in [-0.1, -0.05) is 24.6 Å². The van der Waals surface area contributed by atoms with Crippen LogP contribution in [0.15, 0.2) is 36.5 Å². The Balaban J connectivity index is 1.32. The van der Waals surface area contributed by atoms with E-state index < -0.39 is 0 Å². The van der Waals surface area contributed by atoms with Gasteiger partial charge in [0.25, 0.3) is 0 Å². The monoisotopic (exact) mass is 402 g/mol. The van der Waals surface area contributed by atoms with Crippen LogP contribution in [0.3, 0.4) is 0 Å². The highest BCUT2D eigenvalue weighted by atomic mass is 16.2. The quantitative estimate of drug-likeness (QED) is 0.671. The average molecular weight is 403 g/mol. The van der Waals surface area contributed by atoms with Gasteiger partial charge in [-0.3, -0.25) is 4.79 Å². The molecule has 1 amide bonds. The van der Waals surface area contributed by atoms with Gasteiger partial charge in [-0.05, 0) is 37.8 Å². The molecule has 1 aromatic carbocycles. The van der Waals surface area contributed by atoms with E-state index >= 15 is 0 Å². The third-order valence-corrected chi connectivity index (χ3v) is 6.71. The predicted octanol–water partition coefficient (Wildman–Crippen LogP) is 3.14. The van der Waals surface area contributed by atoms with Crippen LogP contribution < -0.4 is 4.90 Å². The molecule has 7 nitrogen and oxygen atoms in total. The Bertz CT molecular complexity index is 1080. The van der Waals surface area contributed by atoms with E-state index in [1.165, 1.54) is 6.42 Å². The van der Waals surface area contributed by atoms with Gasteiger partial charge in [0.1, 0.15) is 11.6 Å². The lowest BCUT2D eigenvalue weighted by atomic mass is 9.84. The maximum Gasteiger partial charge on any atom is 0.225 e. The fraction of sp³-hybridized carbons (Fsp3) is 0.478. The first-order chi connectivity index (χ1) is 14.8. The summed E-state index contributed by atoms with van der Waals surface area (Å²) in [7, 11) is 0. The number of hydrogen-bond acceptors (Lipinski definition) is 5. The van der Waals surface area contributed by atoms with Gasteiger partial charge in [0, 0.05) is 38.0 Å². The SMILES string of the molecule is O=C(C1CCC1)N1CCN(c2nc(C3CC3)nc3c2cnn3-c2ccccc2)CC1. The minimum absolute atomic E-state index is 0.271. The van der Waals surface area contributed by atoms with Crippen LogP contribution >= 0.6 is 0 Å². The summed E-state index contributed by atoms with van der Waals surface area (Å²) in [5.41, 5.74) is 1.89. The molecule has 0 atom stereocenters. The molecule has 2 aliphatic carbocycles. The van der Waals surface area contributed by atoms with Crippen LogP contribution in [0.25, 0.3) is 16.7 Å². The first kappa shape index (κ1) is 17.9. The van der Waals surface area contributed by atoms with Gasteiger partial charge >= 0.3 is 0 Å². The van der Waals surface area contributed by atoms with Crippen molar-refractivity contribution in [2.45, 2.75) is 38.0 Å². The van der Waals surface area contributed by atoms with Crippen molar-refractivity contribution in [2.24, 2.45) is 5.92 Å². The van der Waals surface area contributed by atoms with E-state index in [-0.39, 0.29) is 5.92 Å². The second kappa shape index (κ2) is 7.07. The minimum Gasteiger partial charge on any atom is -0.352 e. The Morgan fingerprint density at radius 2 is 1.70 bits per heavy atom. The summed E-state index contributed by atoms with van der Waals surface area (Å²) in [5, 5.41) is 5.64. The summed E-state index contributed by atoms with van der Waals surface area (Å²) >= 11 is 0. The van der Waals surface area contributed by atoms with Gasteiger partial charge in [0.05, 0.1) is 17.3 Å². The molecule has 0 spiro atoms. The van der Waals surface area contributed by atoms with Gasteiger partial charge in [-0.2, -0.15) is 5.10 Å². The van der Waals surface area contributed by atoms with Crippen LogP contribution in [0.4, 0.5) is 5.82 Å². The minimum atomic E-state index is 0.271. The van der Waals surface area contributed by atoms with E-state index in [9.17, 15) is 4.79 Å². The van der Waals surface area contributed by atoms with Crippen LogP contribution in [-0.2, 0) is 4.79 Å². The summed E-state index contributed by atoms with van der Waals surface area (Å²) in [5.74, 6) is 2.99. The van der Waals surface area contributed by atoms with Crippen LogP contribution in [0.2, 0.25) is 0 Å². The van der Waals surface area contributed by atoms with Gasteiger partial charge in [0.15, 0.2) is 5.65 Å². The summed E-state index contributed by atoms with van der Waals surface area (Å²) in [6, 6.07) is 10.2. The Morgan fingerprint density at radius 3 is 2.37 bits per heavy atom. The fourth-order valence-corrected chi connectivity index (χ4v) is 4.48. The zero-order chi connectivity index (χ0) is 20.1. The second-order valence-electron chi connectivity index (χ2n) is 8.75. The third kappa shape index (κ3) is 3.04. The molecule has 3 aliphatic rings. The summed E-state index contributed by atoms with van der Waals surface area (Å²) in [6.07, 6.45) is 7.54. The second-order valence-corrected chi connectivity index (χ2v) is 8.75. The molecule has 2 saturated carbocycles. The number of anilines is 1. The number of carbonyl (C=O) groups excluding carboxylic acids is 1. The smallest absolute Gasteiger partial charge is 0.225 e.